The van der Waals surface area contributed by atoms with Crippen molar-refractivity contribution in [3.8, 4) is 39.6 Å². The molecule has 0 N–H and O–H groups in total. The molecule has 2 heterocycles. The van der Waals surface area contributed by atoms with E-state index in [-0.39, 0.29) is 0 Å². The van der Waals surface area contributed by atoms with E-state index in [0.29, 0.717) is 11.5 Å². The normalized spacial score (nSPS) is 11.4. The number of aryl methyl sites for hydroxylation is 2. The third-order valence-electron chi connectivity index (χ3n) is 7.52. The van der Waals surface area contributed by atoms with Crippen molar-refractivity contribution in [2.75, 3.05) is 0 Å². The molecule has 0 radical (unpaired) electrons. The van der Waals surface area contributed by atoms with Crippen LogP contribution in [0.15, 0.2) is 102 Å². The Kier molecular flexibility index (Phi) is 5.81. The molecular weight excluding hydrogens is 464 g/mol. The van der Waals surface area contributed by atoms with E-state index in [1.54, 1.807) is 0 Å². The molecule has 6 aromatic rings. The number of nitrogens with zero attached hydrogens (tertiary/aromatic N) is 2. The molecule has 0 aliphatic heterocycles. The SMILES string of the molecule is Cc1ccc2c(oc3c(-c4ccc(-c5ccccc5)cc4)c(C#N)ccc32)c1-c1cc(C(C)C)cc[n+]1C. The van der Waals surface area contributed by atoms with Gasteiger partial charge in [0.2, 0.25) is 5.69 Å². The number of fused-ring (bicyclic) bond motifs is 3. The third-order valence-corrected chi connectivity index (χ3v) is 7.52. The lowest BCUT2D eigenvalue weighted by Crippen LogP contribution is -2.31. The monoisotopic (exact) mass is 493 g/mol. The zero-order valence-corrected chi connectivity index (χ0v) is 22.1. The maximum absolute atomic E-state index is 10.0. The van der Waals surface area contributed by atoms with Gasteiger partial charge in [-0.3, -0.25) is 0 Å². The van der Waals surface area contributed by atoms with Crippen molar-refractivity contribution in [2.24, 2.45) is 7.05 Å². The molecule has 0 unspecified atom stereocenters. The number of hydrogen-bond acceptors (Lipinski definition) is 2. The number of hydrogen-bond donors (Lipinski definition) is 0. The van der Waals surface area contributed by atoms with Crippen LogP contribution in [0.4, 0.5) is 0 Å². The van der Waals surface area contributed by atoms with Gasteiger partial charge in [-0.2, -0.15) is 5.26 Å². The average Bonchev–Trinajstić information content (AvgIpc) is 3.32. The van der Waals surface area contributed by atoms with Crippen molar-refractivity contribution in [2.45, 2.75) is 26.7 Å². The molecule has 0 aliphatic carbocycles. The molecule has 0 fully saturated rings. The van der Waals surface area contributed by atoms with Gasteiger partial charge in [0.15, 0.2) is 6.20 Å². The van der Waals surface area contributed by atoms with E-state index in [0.717, 1.165) is 61.0 Å². The number of pyridine rings is 1. The van der Waals surface area contributed by atoms with Crippen molar-refractivity contribution in [1.82, 2.24) is 0 Å². The number of nitriles is 1. The van der Waals surface area contributed by atoms with Crippen LogP contribution in [-0.2, 0) is 7.05 Å². The van der Waals surface area contributed by atoms with Crippen molar-refractivity contribution >= 4 is 21.9 Å². The Morgan fingerprint density at radius 2 is 1.37 bits per heavy atom. The summed E-state index contributed by atoms with van der Waals surface area (Å²) in [5.41, 5.74) is 11.0. The largest absolute Gasteiger partial charge is 0.454 e. The van der Waals surface area contributed by atoms with Crippen LogP contribution < -0.4 is 4.57 Å². The molecule has 3 heteroatoms. The molecule has 0 amide bonds. The van der Waals surface area contributed by atoms with Gasteiger partial charge < -0.3 is 4.42 Å². The Labute approximate surface area is 223 Å². The van der Waals surface area contributed by atoms with Gasteiger partial charge in [-0.15, -0.1) is 0 Å². The molecule has 0 spiro atoms. The first-order valence-corrected chi connectivity index (χ1v) is 13.0. The van der Waals surface area contributed by atoms with Crippen molar-refractivity contribution in [1.29, 1.82) is 5.26 Å². The lowest BCUT2D eigenvalue weighted by Gasteiger charge is -2.09. The van der Waals surface area contributed by atoms with Crippen LogP contribution in [0.25, 0.3) is 55.4 Å². The molecule has 0 atom stereocenters. The topological polar surface area (TPSA) is 40.8 Å². The molecule has 38 heavy (non-hydrogen) atoms. The molecule has 0 bridgehead atoms. The minimum atomic E-state index is 0.425. The lowest BCUT2D eigenvalue weighted by molar-refractivity contribution is -0.660. The Balaban J connectivity index is 1.60. The quantitative estimate of drug-likeness (QED) is 0.230. The predicted molar refractivity (Wildman–Crippen MR) is 155 cm³/mol. The zero-order valence-electron chi connectivity index (χ0n) is 22.1. The summed E-state index contributed by atoms with van der Waals surface area (Å²) >= 11 is 0. The van der Waals surface area contributed by atoms with Crippen LogP contribution in [0.5, 0.6) is 0 Å². The second-order valence-electron chi connectivity index (χ2n) is 10.3. The highest BCUT2D eigenvalue weighted by molar-refractivity contribution is 6.14. The summed E-state index contributed by atoms with van der Waals surface area (Å²) in [6.07, 6.45) is 2.12. The summed E-state index contributed by atoms with van der Waals surface area (Å²) in [6, 6.07) is 33.8. The van der Waals surface area contributed by atoms with Crippen LogP contribution in [0.3, 0.4) is 0 Å². The summed E-state index contributed by atoms with van der Waals surface area (Å²) in [4.78, 5) is 0. The summed E-state index contributed by atoms with van der Waals surface area (Å²) in [5, 5.41) is 12.1. The van der Waals surface area contributed by atoms with Gasteiger partial charge >= 0.3 is 0 Å². The summed E-state index contributed by atoms with van der Waals surface area (Å²) in [5.74, 6) is 0.425. The van der Waals surface area contributed by atoms with Gasteiger partial charge in [-0.25, -0.2) is 4.57 Å². The zero-order chi connectivity index (χ0) is 26.4. The van der Waals surface area contributed by atoms with Crippen molar-refractivity contribution in [3.05, 3.63) is 114 Å². The van der Waals surface area contributed by atoms with Crippen LogP contribution in [0.2, 0.25) is 0 Å². The first-order chi connectivity index (χ1) is 18.5. The van der Waals surface area contributed by atoms with E-state index < -0.39 is 0 Å². The molecule has 0 saturated carbocycles. The van der Waals surface area contributed by atoms with Gasteiger partial charge in [0.05, 0.1) is 17.2 Å². The summed E-state index contributed by atoms with van der Waals surface area (Å²) in [7, 11) is 2.08. The van der Waals surface area contributed by atoms with Crippen LogP contribution >= 0.6 is 0 Å². The van der Waals surface area contributed by atoms with E-state index in [9.17, 15) is 5.26 Å². The molecule has 0 saturated heterocycles. The highest BCUT2D eigenvalue weighted by atomic mass is 16.3. The molecule has 6 rings (SSSR count). The Morgan fingerprint density at radius 1 is 0.737 bits per heavy atom. The third kappa shape index (κ3) is 3.86. The first kappa shape index (κ1) is 23.7. The van der Waals surface area contributed by atoms with E-state index in [1.807, 2.05) is 30.3 Å². The maximum Gasteiger partial charge on any atom is 0.216 e. The lowest BCUT2D eigenvalue weighted by atomic mass is 9.94. The molecule has 0 aliphatic rings. The van der Waals surface area contributed by atoms with Gasteiger partial charge in [0.1, 0.15) is 18.2 Å². The fraction of sp³-hybridized carbons (Fsp3) is 0.143. The van der Waals surface area contributed by atoms with Crippen LogP contribution in [-0.4, -0.2) is 0 Å². The number of benzene rings is 4. The fourth-order valence-electron chi connectivity index (χ4n) is 5.35. The summed E-state index contributed by atoms with van der Waals surface area (Å²) < 4.78 is 8.91. The molecule has 184 valence electrons. The standard InChI is InChI=1S/C35H29N2O/c1-22(2)27-18-19-37(4)31(20-27)32-23(3)10-16-29-30-17-15-28(21-36)33(35(30)38-34(29)32)26-13-11-25(12-14-26)24-8-6-5-7-9-24/h5-20,22H,1-4H3/q+1. The van der Waals surface area contributed by atoms with Crippen LogP contribution in [0.1, 0.15) is 36.5 Å². The number of aromatic nitrogens is 1. The van der Waals surface area contributed by atoms with Gasteiger partial charge in [0.25, 0.3) is 0 Å². The van der Waals surface area contributed by atoms with Crippen LogP contribution in [0, 0.1) is 18.3 Å². The number of furan rings is 1. The van der Waals surface area contributed by atoms with Gasteiger partial charge in [0, 0.05) is 28.5 Å². The van der Waals surface area contributed by atoms with E-state index in [2.05, 4.69) is 105 Å². The second-order valence-corrected chi connectivity index (χ2v) is 10.3. The highest BCUT2D eigenvalue weighted by Gasteiger charge is 2.23. The Morgan fingerprint density at radius 3 is 2.05 bits per heavy atom. The van der Waals surface area contributed by atoms with E-state index in [4.69, 9.17) is 4.42 Å². The molecule has 4 aromatic carbocycles. The maximum atomic E-state index is 10.0. The van der Waals surface area contributed by atoms with Crippen molar-refractivity contribution in [3.63, 3.8) is 0 Å². The Bertz CT molecular complexity index is 1850. The minimum absolute atomic E-state index is 0.425. The van der Waals surface area contributed by atoms with Crippen molar-refractivity contribution < 1.29 is 8.98 Å². The second kappa shape index (κ2) is 9.32. The number of rotatable bonds is 4. The van der Waals surface area contributed by atoms with Gasteiger partial charge in [-0.1, -0.05) is 80.6 Å². The van der Waals surface area contributed by atoms with E-state index >= 15 is 0 Å². The molecular formula is C35H29N2O+. The summed E-state index contributed by atoms with van der Waals surface area (Å²) in [6.45, 7) is 6.56. The predicted octanol–water partition coefficient (Wildman–Crippen LogP) is 8.72. The van der Waals surface area contributed by atoms with E-state index in [1.165, 1.54) is 5.56 Å². The molecule has 2 aromatic heterocycles. The molecule has 3 nitrogen and oxygen atoms in total. The minimum Gasteiger partial charge on any atom is -0.454 e. The smallest absolute Gasteiger partial charge is 0.216 e. The fourth-order valence-corrected chi connectivity index (χ4v) is 5.35. The highest BCUT2D eigenvalue weighted by Crippen LogP contribution is 2.42. The average molecular weight is 494 g/mol. The Hall–Kier alpha value is -4.68. The first-order valence-electron chi connectivity index (χ1n) is 13.0. The van der Waals surface area contributed by atoms with Gasteiger partial charge in [-0.05, 0) is 52.8 Å².